The molecule has 2 N–H and O–H groups in total. The molecule has 0 aliphatic heterocycles. The van der Waals surface area contributed by atoms with E-state index in [-0.39, 0.29) is 0 Å². The molecule has 0 aromatic rings. The number of hydrogen-bond acceptors (Lipinski definition) is 2. The van der Waals surface area contributed by atoms with Gasteiger partial charge in [0.2, 0.25) is 0 Å². The molecule has 1 atom stereocenters. The fraction of sp³-hybridized carbons (Fsp3) is 1.00. The summed E-state index contributed by atoms with van der Waals surface area (Å²) in [4.78, 5) is 0. The third-order valence-electron chi connectivity index (χ3n) is 3.06. The van der Waals surface area contributed by atoms with Gasteiger partial charge in [-0.1, -0.05) is 13.8 Å². The topological polar surface area (TPSA) is 24.1 Å². The van der Waals surface area contributed by atoms with Gasteiger partial charge in [0.15, 0.2) is 0 Å². The lowest BCUT2D eigenvalue weighted by molar-refractivity contribution is 0.471. The van der Waals surface area contributed by atoms with Crippen LogP contribution in [0, 0.1) is 5.41 Å². The number of hydrogen-bond donors (Lipinski definition) is 2. The average Bonchev–Trinajstić information content (AvgIpc) is 2.83. The first kappa shape index (κ1) is 11.0. The highest BCUT2D eigenvalue weighted by molar-refractivity contribution is 4.90. The highest BCUT2D eigenvalue weighted by atomic mass is 15.0. The lowest BCUT2D eigenvalue weighted by atomic mass is 10.1. The quantitative estimate of drug-likeness (QED) is 0.589. The molecular weight excluding hydrogens is 160 g/mol. The minimum atomic E-state index is 0.649. The molecule has 1 aliphatic carbocycles. The third kappa shape index (κ3) is 4.63. The molecule has 1 aliphatic rings. The van der Waals surface area contributed by atoms with E-state index in [4.69, 9.17) is 0 Å². The Balaban J connectivity index is 1.84. The largest absolute Gasteiger partial charge is 0.315 e. The van der Waals surface area contributed by atoms with Crippen LogP contribution in [-0.2, 0) is 0 Å². The van der Waals surface area contributed by atoms with Crippen molar-refractivity contribution < 1.29 is 0 Å². The summed E-state index contributed by atoms with van der Waals surface area (Å²) in [5.74, 6) is 0. The number of nitrogens with one attached hydrogen (secondary N) is 2. The average molecular weight is 184 g/mol. The van der Waals surface area contributed by atoms with E-state index in [9.17, 15) is 0 Å². The maximum absolute atomic E-state index is 3.50. The Labute approximate surface area is 82.5 Å². The fourth-order valence-electron chi connectivity index (χ4n) is 1.33. The first-order valence-corrected chi connectivity index (χ1v) is 5.60. The van der Waals surface area contributed by atoms with E-state index in [0.29, 0.717) is 11.5 Å². The van der Waals surface area contributed by atoms with Gasteiger partial charge in [0.05, 0.1) is 0 Å². The summed E-state index contributed by atoms with van der Waals surface area (Å²) in [7, 11) is 0. The third-order valence-corrected chi connectivity index (χ3v) is 3.06. The van der Waals surface area contributed by atoms with Gasteiger partial charge in [0, 0.05) is 25.7 Å². The van der Waals surface area contributed by atoms with Gasteiger partial charge in [-0.25, -0.2) is 0 Å². The van der Waals surface area contributed by atoms with Gasteiger partial charge in [0.1, 0.15) is 0 Å². The van der Waals surface area contributed by atoms with Crippen molar-refractivity contribution in [2.75, 3.05) is 19.6 Å². The van der Waals surface area contributed by atoms with E-state index in [1.54, 1.807) is 0 Å². The summed E-state index contributed by atoms with van der Waals surface area (Å²) in [5, 5.41) is 6.98. The Bertz CT molecular complexity index is 141. The van der Waals surface area contributed by atoms with Crippen molar-refractivity contribution in [3.05, 3.63) is 0 Å². The van der Waals surface area contributed by atoms with Crippen molar-refractivity contribution in [3.8, 4) is 0 Å². The molecule has 13 heavy (non-hydrogen) atoms. The van der Waals surface area contributed by atoms with E-state index < -0.39 is 0 Å². The highest BCUT2D eigenvalue weighted by Crippen LogP contribution is 2.43. The van der Waals surface area contributed by atoms with Gasteiger partial charge in [-0.2, -0.15) is 0 Å². The number of rotatable bonds is 7. The molecule has 1 fully saturated rings. The minimum Gasteiger partial charge on any atom is -0.315 e. The molecule has 0 heterocycles. The van der Waals surface area contributed by atoms with Crippen molar-refractivity contribution in [2.24, 2.45) is 5.41 Å². The standard InChI is InChI=1S/C11H24N2/c1-4-10(2)13-8-7-12-9-11(3)5-6-11/h10,12-13H,4-9H2,1-3H3. The highest BCUT2D eigenvalue weighted by Gasteiger charge is 2.36. The monoisotopic (exact) mass is 184 g/mol. The predicted octanol–water partition coefficient (Wildman–Crippen LogP) is 1.76. The lowest BCUT2D eigenvalue weighted by Crippen LogP contribution is -2.34. The van der Waals surface area contributed by atoms with Crippen molar-refractivity contribution in [2.45, 2.75) is 46.1 Å². The predicted molar refractivity (Wildman–Crippen MR) is 58.0 cm³/mol. The Morgan fingerprint density at radius 2 is 2.00 bits per heavy atom. The van der Waals surface area contributed by atoms with Crippen LogP contribution in [0.25, 0.3) is 0 Å². The van der Waals surface area contributed by atoms with Crippen LogP contribution in [0.3, 0.4) is 0 Å². The molecule has 0 amide bonds. The van der Waals surface area contributed by atoms with Crippen molar-refractivity contribution in [1.82, 2.24) is 10.6 Å². The molecule has 0 radical (unpaired) electrons. The van der Waals surface area contributed by atoms with Gasteiger partial charge in [-0.15, -0.1) is 0 Å². The molecule has 0 spiro atoms. The molecule has 1 unspecified atom stereocenters. The minimum absolute atomic E-state index is 0.649. The van der Waals surface area contributed by atoms with Crippen LogP contribution in [-0.4, -0.2) is 25.7 Å². The normalized spacial score (nSPS) is 21.5. The fourth-order valence-corrected chi connectivity index (χ4v) is 1.33. The zero-order valence-electron chi connectivity index (χ0n) is 9.32. The second-order valence-corrected chi connectivity index (χ2v) is 4.75. The summed E-state index contributed by atoms with van der Waals surface area (Å²) in [6.07, 6.45) is 4.05. The van der Waals surface area contributed by atoms with Gasteiger partial charge < -0.3 is 10.6 Å². The molecule has 0 saturated heterocycles. The summed E-state index contributed by atoms with van der Waals surface area (Å²) < 4.78 is 0. The molecule has 2 nitrogen and oxygen atoms in total. The van der Waals surface area contributed by atoms with E-state index in [2.05, 4.69) is 31.4 Å². The first-order valence-electron chi connectivity index (χ1n) is 5.60. The van der Waals surface area contributed by atoms with Gasteiger partial charge in [-0.3, -0.25) is 0 Å². The summed E-state index contributed by atoms with van der Waals surface area (Å²) in [5.41, 5.74) is 0.649. The maximum atomic E-state index is 3.50. The van der Waals surface area contributed by atoms with E-state index in [1.807, 2.05) is 0 Å². The summed E-state index contributed by atoms with van der Waals surface area (Å²) in [6.45, 7) is 10.2. The maximum Gasteiger partial charge on any atom is 0.00792 e. The smallest absolute Gasteiger partial charge is 0.00792 e. The second kappa shape index (κ2) is 4.97. The van der Waals surface area contributed by atoms with Crippen molar-refractivity contribution in [1.29, 1.82) is 0 Å². The molecule has 1 saturated carbocycles. The summed E-state index contributed by atoms with van der Waals surface area (Å²) >= 11 is 0. The van der Waals surface area contributed by atoms with Crippen LogP contribution in [0.15, 0.2) is 0 Å². The van der Waals surface area contributed by atoms with E-state index >= 15 is 0 Å². The van der Waals surface area contributed by atoms with E-state index in [0.717, 1.165) is 13.1 Å². The van der Waals surface area contributed by atoms with Crippen molar-refractivity contribution >= 4 is 0 Å². The van der Waals surface area contributed by atoms with Gasteiger partial charge in [-0.05, 0) is 31.6 Å². The Morgan fingerprint density at radius 3 is 2.54 bits per heavy atom. The van der Waals surface area contributed by atoms with Crippen LogP contribution in [0.1, 0.15) is 40.0 Å². The summed E-state index contributed by atoms with van der Waals surface area (Å²) in [6, 6.07) is 0.665. The van der Waals surface area contributed by atoms with Crippen LogP contribution >= 0.6 is 0 Å². The molecule has 0 aromatic carbocycles. The van der Waals surface area contributed by atoms with E-state index in [1.165, 1.54) is 25.8 Å². The molecule has 0 bridgehead atoms. The van der Waals surface area contributed by atoms with Crippen LogP contribution in [0.5, 0.6) is 0 Å². The lowest BCUT2D eigenvalue weighted by Gasteiger charge is -2.13. The molecule has 2 heteroatoms. The molecule has 1 rings (SSSR count). The molecule has 78 valence electrons. The Morgan fingerprint density at radius 1 is 1.31 bits per heavy atom. The zero-order valence-corrected chi connectivity index (χ0v) is 9.32. The SMILES string of the molecule is CCC(C)NCCNCC1(C)CC1. The molecule has 0 aromatic heterocycles. The van der Waals surface area contributed by atoms with Crippen LogP contribution in [0.2, 0.25) is 0 Å². The second-order valence-electron chi connectivity index (χ2n) is 4.75. The van der Waals surface area contributed by atoms with Gasteiger partial charge in [0.25, 0.3) is 0 Å². The van der Waals surface area contributed by atoms with Crippen LogP contribution in [0.4, 0.5) is 0 Å². The Kier molecular flexibility index (Phi) is 4.20. The zero-order chi connectivity index (χ0) is 9.73. The van der Waals surface area contributed by atoms with Crippen LogP contribution < -0.4 is 10.6 Å². The Hall–Kier alpha value is -0.0800. The van der Waals surface area contributed by atoms with Crippen molar-refractivity contribution in [3.63, 3.8) is 0 Å². The first-order chi connectivity index (χ1) is 6.16. The van der Waals surface area contributed by atoms with Gasteiger partial charge >= 0.3 is 0 Å². The molecular formula is C11H24N2.